The van der Waals surface area contributed by atoms with Gasteiger partial charge in [0.05, 0.1) is 0 Å². The van der Waals surface area contributed by atoms with Gasteiger partial charge in [-0.3, -0.25) is 0 Å². The zero-order valence-electron chi connectivity index (χ0n) is 4.14. The Hall–Kier alpha value is 0.295. The molecule has 0 saturated heterocycles. The van der Waals surface area contributed by atoms with Crippen LogP contribution in [0.2, 0.25) is 0 Å². The molecular weight excluding hydrogens is 93.8 g/mol. The highest BCUT2D eigenvalue weighted by molar-refractivity contribution is 7.86. The minimum atomic E-state index is -2.15. The second-order valence-corrected chi connectivity index (χ2v) is 4.47. The predicted octanol–water partition coefficient (Wildman–Crippen LogP) is 1.08. The summed E-state index contributed by atoms with van der Waals surface area (Å²) in [5, 5.41) is 0. The summed E-state index contributed by atoms with van der Waals surface area (Å²) in [6, 6.07) is 0. The largest absolute Gasteiger partial charge is 0.336 e. The second-order valence-electron chi connectivity index (χ2n) is 1.49. The minimum Gasteiger partial charge on any atom is -0.336 e. The SMILES string of the molecule is [B]P(C)(=O)CC. The van der Waals surface area contributed by atoms with Crippen LogP contribution in [0.1, 0.15) is 6.92 Å². The number of hydrogen-bond acceptors (Lipinski definition) is 1. The van der Waals surface area contributed by atoms with Crippen LogP contribution in [0.25, 0.3) is 0 Å². The molecule has 2 radical (unpaired) electrons. The molecule has 34 valence electrons. The first-order valence-corrected chi connectivity index (χ1v) is 4.32. The van der Waals surface area contributed by atoms with Gasteiger partial charge in [0.25, 0.3) is 0 Å². The topological polar surface area (TPSA) is 17.1 Å². The van der Waals surface area contributed by atoms with Gasteiger partial charge in [-0.05, 0) is 12.8 Å². The molecule has 6 heavy (non-hydrogen) atoms. The van der Waals surface area contributed by atoms with Gasteiger partial charge < -0.3 is 4.57 Å². The Morgan fingerprint density at radius 1 is 1.83 bits per heavy atom. The smallest absolute Gasteiger partial charge is 0.163 e. The van der Waals surface area contributed by atoms with E-state index in [1.54, 1.807) is 6.66 Å². The molecule has 0 aromatic heterocycles. The molecule has 0 spiro atoms. The van der Waals surface area contributed by atoms with Gasteiger partial charge in [-0.2, -0.15) is 0 Å². The molecule has 1 nitrogen and oxygen atoms in total. The first-order chi connectivity index (χ1) is 2.56. The fourth-order valence-corrected chi connectivity index (χ4v) is 0. The highest BCUT2D eigenvalue weighted by Crippen LogP contribution is 2.32. The van der Waals surface area contributed by atoms with E-state index < -0.39 is 7.02 Å². The monoisotopic (exact) mass is 102 g/mol. The Bertz CT molecular complexity index is 74.9. The van der Waals surface area contributed by atoms with Crippen LogP contribution in [-0.2, 0) is 4.57 Å². The van der Waals surface area contributed by atoms with Crippen LogP contribution in [0.4, 0.5) is 0 Å². The lowest BCUT2D eigenvalue weighted by Gasteiger charge is -1.96. The van der Waals surface area contributed by atoms with Crippen LogP contribution in [0.5, 0.6) is 0 Å². The summed E-state index contributed by atoms with van der Waals surface area (Å²) in [7, 11) is 2.94. The third-order valence-electron chi connectivity index (χ3n) is 0.628. The molecule has 0 rings (SSSR count). The van der Waals surface area contributed by atoms with Crippen molar-refractivity contribution in [2.24, 2.45) is 0 Å². The molecule has 0 aliphatic rings. The fraction of sp³-hybridized carbons (Fsp3) is 1.00. The van der Waals surface area contributed by atoms with E-state index in [-0.39, 0.29) is 0 Å². The van der Waals surface area contributed by atoms with Crippen LogP contribution in [0.3, 0.4) is 0 Å². The summed E-state index contributed by atoms with van der Waals surface area (Å²) in [4.78, 5) is 0. The first-order valence-electron chi connectivity index (χ1n) is 1.91. The van der Waals surface area contributed by atoms with E-state index in [2.05, 4.69) is 0 Å². The van der Waals surface area contributed by atoms with Gasteiger partial charge in [0.2, 0.25) is 0 Å². The van der Waals surface area contributed by atoms with E-state index in [0.29, 0.717) is 6.16 Å². The molecular formula is C3H8BOP. The van der Waals surface area contributed by atoms with E-state index in [4.69, 9.17) is 7.57 Å². The van der Waals surface area contributed by atoms with Crippen molar-refractivity contribution in [2.45, 2.75) is 6.92 Å². The zero-order valence-corrected chi connectivity index (χ0v) is 5.03. The van der Waals surface area contributed by atoms with Gasteiger partial charge >= 0.3 is 0 Å². The standard InChI is InChI=1S/C3H8BOP/c1-3-6(2,4)5/h3H2,1-2H3. The Labute approximate surface area is 39.9 Å². The van der Waals surface area contributed by atoms with E-state index >= 15 is 0 Å². The first kappa shape index (κ1) is 6.29. The molecule has 0 aromatic rings. The molecule has 0 N–H and O–H groups in total. The van der Waals surface area contributed by atoms with Crippen molar-refractivity contribution in [2.75, 3.05) is 12.8 Å². The van der Waals surface area contributed by atoms with Gasteiger partial charge in [-0.1, -0.05) is 6.92 Å². The zero-order chi connectivity index (χ0) is 5.21. The number of hydrogen-bond donors (Lipinski definition) is 0. The molecule has 0 heterocycles. The van der Waals surface area contributed by atoms with Gasteiger partial charge in [0.1, 0.15) is 0 Å². The number of rotatable bonds is 1. The summed E-state index contributed by atoms with van der Waals surface area (Å²) in [6.45, 7) is 3.40. The van der Waals surface area contributed by atoms with Crippen LogP contribution in [0, 0.1) is 0 Å². The van der Waals surface area contributed by atoms with Gasteiger partial charge in [-0.15, -0.1) is 0 Å². The summed E-state index contributed by atoms with van der Waals surface area (Å²) in [6.07, 6.45) is 0.604. The molecule has 0 aliphatic heterocycles. The maximum Gasteiger partial charge on any atom is 0.163 e. The average molecular weight is 102 g/mol. The van der Waals surface area contributed by atoms with Crippen molar-refractivity contribution in [3.63, 3.8) is 0 Å². The Morgan fingerprint density at radius 2 is 2.00 bits per heavy atom. The third kappa shape index (κ3) is 4.29. The lowest BCUT2D eigenvalue weighted by atomic mass is 10.8. The lowest BCUT2D eigenvalue weighted by molar-refractivity contribution is 0.588. The Morgan fingerprint density at radius 3 is 2.00 bits per heavy atom. The summed E-state index contributed by atoms with van der Waals surface area (Å²) in [5.41, 5.74) is 0. The minimum absolute atomic E-state index is 0.604. The predicted molar refractivity (Wildman–Crippen MR) is 29.8 cm³/mol. The average Bonchev–Trinajstić information content (AvgIpc) is 1.35. The van der Waals surface area contributed by atoms with E-state index in [1.165, 1.54) is 0 Å². The maximum absolute atomic E-state index is 10.4. The molecule has 0 fully saturated rings. The molecule has 0 bridgehead atoms. The van der Waals surface area contributed by atoms with Crippen molar-refractivity contribution in [1.82, 2.24) is 0 Å². The van der Waals surface area contributed by atoms with Crippen LogP contribution in [-0.4, -0.2) is 20.4 Å². The second kappa shape index (κ2) is 1.84. The third-order valence-corrected chi connectivity index (χ3v) is 1.88. The molecule has 0 aliphatic carbocycles. The molecule has 0 aromatic carbocycles. The van der Waals surface area contributed by atoms with Crippen molar-refractivity contribution in [1.29, 1.82) is 0 Å². The molecule has 3 heteroatoms. The van der Waals surface area contributed by atoms with Crippen molar-refractivity contribution in [3.8, 4) is 0 Å². The van der Waals surface area contributed by atoms with Gasteiger partial charge in [-0.25, -0.2) is 0 Å². The van der Waals surface area contributed by atoms with Crippen LogP contribution >= 0.6 is 7.02 Å². The molecule has 0 amide bonds. The van der Waals surface area contributed by atoms with Crippen molar-refractivity contribution < 1.29 is 4.57 Å². The summed E-state index contributed by atoms with van der Waals surface area (Å²) in [5.74, 6) is 0. The normalized spacial score (nSPS) is 19.7. The highest BCUT2D eigenvalue weighted by atomic mass is 31.2. The summed E-state index contributed by atoms with van der Waals surface area (Å²) >= 11 is 0. The van der Waals surface area contributed by atoms with E-state index in [1.807, 2.05) is 6.92 Å². The molecule has 1 atom stereocenters. The molecule has 0 saturated carbocycles. The van der Waals surface area contributed by atoms with Gasteiger partial charge in [0.15, 0.2) is 7.57 Å². The van der Waals surface area contributed by atoms with E-state index in [0.717, 1.165) is 0 Å². The highest BCUT2D eigenvalue weighted by Gasteiger charge is 1.98. The van der Waals surface area contributed by atoms with Crippen LogP contribution < -0.4 is 0 Å². The summed E-state index contributed by atoms with van der Waals surface area (Å²) < 4.78 is 10.4. The Balaban J connectivity index is 3.48. The van der Waals surface area contributed by atoms with Crippen molar-refractivity contribution in [3.05, 3.63) is 0 Å². The molecule has 1 unspecified atom stereocenters. The lowest BCUT2D eigenvalue weighted by Crippen LogP contribution is -1.76. The van der Waals surface area contributed by atoms with Gasteiger partial charge in [0, 0.05) is 7.02 Å². The fourth-order valence-electron chi connectivity index (χ4n) is 0. The maximum atomic E-state index is 10.4. The quantitative estimate of drug-likeness (QED) is 0.357. The van der Waals surface area contributed by atoms with Crippen LogP contribution in [0.15, 0.2) is 0 Å². The van der Waals surface area contributed by atoms with Crippen molar-refractivity contribution >= 4 is 14.6 Å². The Kier molecular flexibility index (Phi) is 1.93. The van der Waals surface area contributed by atoms with E-state index in [9.17, 15) is 4.57 Å².